The number of piperidine rings is 1. The molecule has 1 N–H and O–H groups in total. The highest BCUT2D eigenvalue weighted by molar-refractivity contribution is 4.96. The lowest BCUT2D eigenvalue weighted by Crippen LogP contribution is -2.49. The van der Waals surface area contributed by atoms with Gasteiger partial charge in [-0.25, -0.2) is 0 Å². The first-order valence-electron chi connectivity index (χ1n) is 7.80. The Kier molecular flexibility index (Phi) is 4.24. The van der Waals surface area contributed by atoms with Gasteiger partial charge < -0.3 is 5.32 Å². The fourth-order valence-corrected chi connectivity index (χ4v) is 4.11. The normalized spacial score (nSPS) is 36.5. The van der Waals surface area contributed by atoms with Gasteiger partial charge >= 0.3 is 6.18 Å². The summed E-state index contributed by atoms with van der Waals surface area (Å²) in [7, 11) is 0. The number of rotatable bonds is 3. The van der Waals surface area contributed by atoms with Crippen molar-refractivity contribution in [3.8, 4) is 0 Å². The van der Waals surface area contributed by atoms with Crippen LogP contribution in [0.25, 0.3) is 0 Å². The summed E-state index contributed by atoms with van der Waals surface area (Å²) >= 11 is 0. The number of fused-ring (bicyclic) bond motifs is 1. The Bertz CT molecular complexity index is 334. The summed E-state index contributed by atoms with van der Waals surface area (Å²) in [5, 5.41) is 3.64. The van der Waals surface area contributed by atoms with Crippen LogP contribution in [0.4, 0.5) is 13.2 Å². The molecule has 3 saturated heterocycles. The van der Waals surface area contributed by atoms with Gasteiger partial charge in [-0.15, -0.1) is 0 Å². The smallest absolute Gasteiger partial charge is 0.308 e. The summed E-state index contributed by atoms with van der Waals surface area (Å²) in [6, 6.07) is 1.36. The number of alkyl halides is 3. The summed E-state index contributed by atoms with van der Waals surface area (Å²) < 4.78 is 37.2. The topological polar surface area (TPSA) is 18.5 Å². The molecule has 20 heavy (non-hydrogen) atoms. The molecular formula is C14H24F3N3. The van der Waals surface area contributed by atoms with E-state index >= 15 is 0 Å². The molecule has 6 heteroatoms. The third kappa shape index (κ3) is 3.46. The first-order valence-corrected chi connectivity index (χ1v) is 7.80. The van der Waals surface area contributed by atoms with Crippen molar-refractivity contribution in [3.63, 3.8) is 0 Å². The minimum Gasteiger partial charge on any atom is -0.308 e. The predicted octanol–water partition coefficient (Wildman–Crippen LogP) is 1.84. The Morgan fingerprint density at radius 1 is 1.00 bits per heavy atom. The number of nitrogens with zero attached hydrogens (tertiary/aromatic N) is 2. The summed E-state index contributed by atoms with van der Waals surface area (Å²) in [6.07, 6.45) is 1.77. The molecule has 3 aliphatic heterocycles. The Hall–Kier alpha value is -0.330. The summed E-state index contributed by atoms with van der Waals surface area (Å²) in [5.41, 5.74) is 0. The number of likely N-dealkylation sites (tertiary alicyclic amines) is 1. The second-order valence-corrected chi connectivity index (χ2v) is 6.50. The molecule has 0 saturated carbocycles. The molecule has 0 aromatic rings. The van der Waals surface area contributed by atoms with Crippen LogP contribution in [0.2, 0.25) is 0 Å². The average Bonchev–Trinajstić information content (AvgIpc) is 2.96. The first-order chi connectivity index (χ1) is 9.51. The lowest BCUT2D eigenvalue weighted by Gasteiger charge is -2.33. The quantitative estimate of drug-likeness (QED) is 0.856. The highest BCUT2D eigenvalue weighted by Crippen LogP contribution is 2.28. The van der Waals surface area contributed by atoms with E-state index in [-0.39, 0.29) is 6.04 Å². The van der Waals surface area contributed by atoms with Crippen molar-refractivity contribution in [3.05, 3.63) is 0 Å². The van der Waals surface area contributed by atoms with E-state index in [1.807, 2.05) is 0 Å². The van der Waals surface area contributed by atoms with E-state index in [1.165, 1.54) is 30.7 Å². The number of hydrogen-bond acceptors (Lipinski definition) is 3. The maximum Gasteiger partial charge on any atom is 0.401 e. The van der Waals surface area contributed by atoms with Gasteiger partial charge in [0.15, 0.2) is 0 Å². The van der Waals surface area contributed by atoms with Crippen LogP contribution in [0.1, 0.15) is 32.1 Å². The molecule has 0 unspecified atom stereocenters. The van der Waals surface area contributed by atoms with Gasteiger partial charge in [0.1, 0.15) is 0 Å². The minimum absolute atomic E-state index is 0.240. The van der Waals surface area contributed by atoms with Crippen LogP contribution >= 0.6 is 0 Å². The maximum atomic E-state index is 12.4. The van der Waals surface area contributed by atoms with Crippen molar-refractivity contribution in [2.45, 2.75) is 56.4 Å². The van der Waals surface area contributed by atoms with Gasteiger partial charge in [-0.05, 0) is 32.2 Å². The molecule has 0 radical (unpaired) electrons. The van der Waals surface area contributed by atoms with Gasteiger partial charge in [0, 0.05) is 37.8 Å². The number of hydrogen-bond donors (Lipinski definition) is 1. The second-order valence-electron chi connectivity index (χ2n) is 6.50. The predicted molar refractivity (Wildman–Crippen MR) is 71.7 cm³/mol. The lowest BCUT2D eigenvalue weighted by atomic mass is 9.98. The van der Waals surface area contributed by atoms with Crippen molar-refractivity contribution in [1.82, 2.24) is 15.1 Å². The summed E-state index contributed by atoms with van der Waals surface area (Å²) in [6.45, 7) is 2.71. The molecule has 0 aliphatic carbocycles. The van der Waals surface area contributed by atoms with E-state index in [0.717, 1.165) is 19.4 Å². The molecule has 3 atom stereocenters. The summed E-state index contributed by atoms with van der Waals surface area (Å²) in [5.74, 6) is 0. The van der Waals surface area contributed by atoms with Crippen LogP contribution in [-0.4, -0.2) is 66.8 Å². The van der Waals surface area contributed by atoms with Crippen molar-refractivity contribution >= 4 is 0 Å². The molecule has 116 valence electrons. The molecule has 0 aromatic heterocycles. The third-order valence-corrected chi connectivity index (χ3v) is 4.98. The van der Waals surface area contributed by atoms with Gasteiger partial charge in [-0.2, -0.15) is 13.2 Å². The second kappa shape index (κ2) is 5.81. The van der Waals surface area contributed by atoms with Crippen molar-refractivity contribution in [1.29, 1.82) is 0 Å². The Labute approximate surface area is 118 Å². The molecule has 3 nitrogen and oxygen atoms in total. The first kappa shape index (κ1) is 14.6. The molecular weight excluding hydrogens is 267 g/mol. The molecule has 0 spiro atoms. The van der Waals surface area contributed by atoms with Crippen LogP contribution in [0.15, 0.2) is 0 Å². The van der Waals surface area contributed by atoms with E-state index in [0.29, 0.717) is 25.2 Å². The molecule has 0 amide bonds. The zero-order valence-electron chi connectivity index (χ0n) is 11.8. The highest BCUT2D eigenvalue weighted by Gasteiger charge is 2.39. The number of halogens is 3. The molecule has 0 bridgehead atoms. The SMILES string of the molecule is FC(F)(F)CN1CC[C@H](N[C@@H]2CCN3CCCC[C@@H]23)C1. The van der Waals surface area contributed by atoms with Gasteiger partial charge in [0.25, 0.3) is 0 Å². The lowest BCUT2D eigenvalue weighted by molar-refractivity contribution is -0.143. The fraction of sp³-hybridized carbons (Fsp3) is 1.00. The van der Waals surface area contributed by atoms with Crippen molar-refractivity contribution in [2.24, 2.45) is 0 Å². The van der Waals surface area contributed by atoms with Crippen molar-refractivity contribution in [2.75, 3.05) is 32.7 Å². The third-order valence-electron chi connectivity index (χ3n) is 4.98. The fourth-order valence-electron chi connectivity index (χ4n) is 4.11. The molecule has 3 fully saturated rings. The summed E-state index contributed by atoms with van der Waals surface area (Å²) in [4.78, 5) is 4.09. The largest absolute Gasteiger partial charge is 0.401 e. The zero-order valence-corrected chi connectivity index (χ0v) is 11.8. The van der Waals surface area contributed by atoms with Gasteiger partial charge in [0.05, 0.1) is 6.54 Å². The molecule has 0 aromatic carbocycles. The monoisotopic (exact) mass is 291 g/mol. The number of nitrogens with one attached hydrogen (secondary N) is 1. The molecule has 3 rings (SSSR count). The average molecular weight is 291 g/mol. The van der Waals surface area contributed by atoms with E-state index in [1.54, 1.807) is 0 Å². The van der Waals surface area contributed by atoms with E-state index in [2.05, 4.69) is 10.2 Å². The van der Waals surface area contributed by atoms with Crippen LogP contribution in [0, 0.1) is 0 Å². The van der Waals surface area contributed by atoms with E-state index in [9.17, 15) is 13.2 Å². The molecule has 3 heterocycles. The standard InChI is InChI=1S/C14H24F3N3/c15-14(16,17)10-19-7-4-11(9-19)18-12-5-8-20-6-2-1-3-13(12)20/h11-13,18H,1-10H2/t11-,12+,13-/m0/s1. The van der Waals surface area contributed by atoms with E-state index < -0.39 is 12.7 Å². The highest BCUT2D eigenvalue weighted by atomic mass is 19.4. The van der Waals surface area contributed by atoms with Crippen LogP contribution in [0.5, 0.6) is 0 Å². The Morgan fingerprint density at radius 3 is 2.65 bits per heavy atom. The van der Waals surface area contributed by atoms with Gasteiger partial charge in [-0.3, -0.25) is 9.80 Å². The Balaban J connectivity index is 1.47. The van der Waals surface area contributed by atoms with Gasteiger partial charge in [0.2, 0.25) is 0 Å². The van der Waals surface area contributed by atoms with E-state index in [4.69, 9.17) is 0 Å². The maximum absolute atomic E-state index is 12.4. The van der Waals surface area contributed by atoms with Crippen LogP contribution in [-0.2, 0) is 0 Å². The van der Waals surface area contributed by atoms with Crippen LogP contribution in [0.3, 0.4) is 0 Å². The zero-order chi connectivity index (χ0) is 14.2. The van der Waals surface area contributed by atoms with Crippen molar-refractivity contribution < 1.29 is 13.2 Å². The minimum atomic E-state index is -4.07. The Morgan fingerprint density at radius 2 is 1.85 bits per heavy atom. The van der Waals surface area contributed by atoms with Gasteiger partial charge in [-0.1, -0.05) is 6.42 Å². The molecule has 3 aliphatic rings. The van der Waals surface area contributed by atoms with Crippen LogP contribution < -0.4 is 5.32 Å².